The van der Waals surface area contributed by atoms with Gasteiger partial charge in [0.25, 0.3) is 5.69 Å². The molecule has 1 aliphatic heterocycles. The molecule has 2 atom stereocenters. The smallest absolute Gasteiger partial charge is 0.321 e. The highest BCUT2D eigenvalue weighted by Crippen LogP contribution is 2.24. The van der Waals surface area contributed by atoms with E-state index in [4.69, 9.17) is 0 Å². The number of nitrogens with one attached hydrogen (secondary N) is 1. The molecule has 0 unspecified atom stereocenters. The van der Waals surface area contributed by atoms with Crippen LogP contribution in [0.4, 0.5) is 16.2 Å². The van der Waals surface area contributed by atoms with E-state index in [1.807, 2.05) is 13.1 Å². The quantitative estimate of drug-likeness (QED) is 0.627. The Bertz CT molecular complexity index is 810. The second kappa shape index (κ2) is 8.84. The Balaban J connectivity index is 1.54. The van der Waals surface area contributed by atoms with Crippen LogP contribution in [0.1, 0.15) is 18.9 Å². The molecule has 1 fully saturated rings. The first kappa shape index (κ1) is 19.8. The standard InChI is InChI=1S/C21H26N4O3/c1-16-14-24(15-17-6-4-3-5-7-17)13-12-20(16)23(2)21(26)22-18-8-10-19(11-9-18)25(27)28/h3-11,16,20H,12-15H2,1-2H3,(H,22,26)/t16-,20-/m0/s1. The van der Waals surface area contributed by atoms with Crippen LogP contribution < -0.4 is 5.32 Å². The van der Waals surface area contributed by atoms with E-state index >= 15 is 0 Å². The Morgan fingerprint density at radius 1 is 1.21 bits per heavy atom. The van der Waals surface area contributed by atoms with E-state index in [9.17, 15) is 14.9 Å². The molecule has 7 nitrogen and oxygen atoms in total. The molecule has 2 aromatic carbocycles. The van der Waals surface area contributed by atoms with E-state index in [1.54, 1.807) is 17.0 Å². The number of nitro groups is 1. The molecule has 0 radical (unpaired) electrons. The van der Waals surface area contributed by atoms with Gasteiger partial charge in [0, 0.05) is 50.5 Å². The van der Waals surface area contributed by atoms with E-state index in [2.05, 4.69) is 41.4 Å². The van der Waals surface area contributed by atoms with Gasteiger partial charge in [0.1, 0.15) is 0 Å². The molecule has 28 heavy (non-hydrogen) atoms. The summed E-state index contributed by atoms with van der Waals surface area (Å²) in [7, 11) is 1.81. The predicted molar refractivity (Wildman–Crippen MR) is 109 cm³/mol. The summed E-state index contributed by atoms with van der Waals surface area (Å²) in [5, 5.41) is 13.6. The summed E-state index contributed by atoms with van der Waals surface area (Å²) >= 11 is 0. The van der Waals surface area contributed by atoms with Gasteiger partial charge in [-0.2, -0.15) is 0 Å². The maximum Gasteiger partial charge on any atom is 0.321 e. The summed E-state index contributed by atoms with van der Waals surface area (Å²) < 4.78 is 0. The van der Waals surface area contributed by atoms with Gasteiger partial charge in [-0.25, -0.2) is 4.79 Å². The van der Waals surface area contributed by atoms with Crippen molar-refractivity contribution >= 4 is 17.4 Å². The molecule has 0 bridgehead atoms. The van der Waals surface area contributed by atoms with Crippen molar-refractivity contribution in [2.75, 3.05) is 25.5 Å². The van der Waals surface area contributed by atoms with Crippen LogP contribution in [0.3, 0.4) is 0 Å². The molecule has 1 heterocycles. The fraction of sp³-hybridized carbons (Fsp3) is 0.381. The van der Waals surface area contributed by atoms with Gasteiger partial charge in [0.2, 0.25) is 0 Å². The van der Waals surface area contributed by atoms with Crippen molar-refractivity contribution in [1.82, 2.24) is 9.80 Å². The number of hydrogen-bond acceptors (Lipinski definition) is 4. The third kappa shape index (κ3) is 4.86. The topological polar surface area (TPSA) is 78.7 Å². The predicted octanol–water partition coefficient (Wildman–Crippen LogP) is 3.97. The zero-order valence-electron chi connectivity index (χ0n) is 16.2. The summed E-state index contributed by atoms with van der Waals surface area (Å²) in [6.45, 7) is 4.99. The fourth-order valence-corrected chi connectivity index (χ4v) is 3.81. The van der Waals surface area contributed by atoms with Gasteiger partial charge in [-0.3, -0.25) is 15.0 Å². The Morgan fingerprint density at radius 2 is 1.89 bits per heavy atom. The van der Waals surface area contributed by atoms with Gasteiger partial charge in [0.15, 0.2) is 0 Å². The van der Waals surface area contributed by atoms with E-state index in [0.717, 1.165) is 26.1 Å². The minimum Gasteiger partial charge on any atom is -0.324 e. The average Bonchev–Trinajstić information content (AvgIpc) is 2.69. The number of carbonyl (C=O) groups is 1. The summed E-state index contributed by atoms with van der Waals surface area (Å²) in [5.74, 6) is 0.352. The Hall–Kier alpha value is -2.93. The molecule has 148 valence electrons. The fourth-order valence-electron chi connectivity index (χ4n) is 3.81. The second-order valence-electron chi connectivity index (χ2n) is 7.40. The van der Waals surface area contributed by atoms with Gasteiger partial charge >= 0.3 is 6.03 Å². The SMILES string of the molecule is C[C@H]1CN(Cc2ccccc2)CC[C@@H]1N(C)C(=O)Nc1ccc([N+](=O)[O-])cc1. The van der Waals surface area contributed by atoms with Crippen molar-refractivity contribution in [3.63, 3.8) is 0 Å². The van der Waals surface area contributed by atoms with E-state index in [-0.39, 0.29) is 17.8 Å². The van der Waals surface area contributed by atoms with Crippen LogP contribution in [0.25, 0.3) is 0 Å². The summed E-state index contributed by atoms with van der Waals surface area (Å²) in [6, 6.07) is 16.3. The van der Waals surface area contributed by atoms with Crippen molar-refractivity contribution < 1.29 is 9.72 Å². The molecule has 2 amide bonds. The van der Waals surface area contributed by atoms with Gasteiger partial charge in [0.05, 0.1) is 4.92 Å². The van der Waals surface area contributed by atoms with E-state index in [1.165, 1.54) is 17.7 Å². The molecule has 7 heteroatoms. The third-order valence-corrected chi connectivity index (χ3v) is 5.34. The molecule has 2 aromatic rings. The minimum atomic E-state index is -0.456. The van der Waals surface area contributed by atoms with Crippen molar-refractivity contribution in [1.29, 1.82) is 0 Å². The van der Waals surface area contributed by atoms with Crippen molar-refractivity contribution in [3.8, 4) is 0 Å². The maximum absolute atomic E-state index is 12.6. The first-order valence-electron chi connectivity index (χ1n) is 9.48. The van der Waals surface area contributed by atoms with Gasteiger partial charge in [-0.1, -0.05) is 37.3 Å². The lowest BCUT2D eigenvalue weighted by Gasteiger charge is -2.41. The number of benzene rings is 2. The van der Waals surface area contributed by atoms with Crippen LogP contribution in [-0.4, -0.2) is 46.9 Å². The van der Waals surface area contributed by atoms with Gasteiger partial charge < -0.3 is 10.2 Å². The number of rotatable bonds is 5. The lowest BCUT2D eigenvalue weighted by Crippen LogP contribution is -2.51. The zero-order chi connectivity index (χ0) is 20.1. The highest BCUT2D eigenvalue weighted by Gasteiger charge is 2.31. The summed E-state index contributed by atoms with van der Waals surface area (Å²) in [5.41, 5.74) is 1.86. The van der Waals surface area contributed by atoms with E-state index < -0.39 is 4.92 Å². The number of anilines is 1. The second-order valence-corrected chi connectivity index (χ2v) is 7.40. The van der Waals surface area contributed by atoms with Gasteiger partial charge in [-0.15, -0.1) is 0 Å². The average molecular weight is 382 g/mol. The molecule has 3 rings (SSSR count). The summed E-state index contributed by atoms with van der Waals surface area (Å²) in [6.07, 6.45) is 0.915. The van der Waals surface area contributed by atoms with Crippen LogP contribution in [0.15, 0.2) is 54.6 Å². The largest absolute Gasteiger partial charge is 0.324 e. The molecular weight excluding hydrogens is 356 g/mol. The Morgan fingerprint density at radius 3 is 2.50 bits per heavy atom. The Kier molecular flexibility index (Phi) is 6.26. The first-order valence-corrected chi connectivity index (χ1v) is 9.48. The third-order valence-electron chi connectivity index (χ3n) is 5.34. The maximum atomic E-state index is 12.6. The van der Waals surface area contributed by atoms with Crippen LogP contribution in [-0.2, 0) is 6.54 Å². The lowest BCUT2D eigenvalue weighted by molar-refractivity contribution is -0.384. The van der Waals surface area contributed by atoms with Crippen LogP contribution >= 0.6 is 0 Å². The highest BCUT2D eigenvalue weighted by atomic mass is 16.6. The number of carbonyl (C=O) groups excluding carboxylic acids is 1. The molecule has 0 saturated carbocycles. The highest BCUT2D eigenvalue weighted by molar-refractivity contribution is 5.89. The van der Waals surface area contributed by atoms with Crippen LogP contribution in [0.5, 0.6) is 0 Å². The lowest BCUT2D eigenvalue weighted by atomic mass is 9.92. The normalized spacial score (nSPS) is 19.8. The zero-order valence-corrected chi connectivity index (χ0v) is 16.2. The number of nitro benzene ring substituents is 1. The number of piperidine rings is 1. The number of urea groups is 1. The molecule has 0 aliphatic carbocycles. The van der Waals surface area contributed by atoms with E-state index in [0.29, 0.717) is 11.6 Å². The number of likely N-dealkylation sites (tertiary alicyclic amines) is 1. The van der Waals surface area contributed by atoms with Gasteiger partial charge in [-0.05, 0) is 30.0 Å². The van der Waals surface area contributed by atoms with Crippen molar-refractivity contribution in [2.24, 2.45) is 5.92 Å². The number of amides is 2. The molecule has 0 spiro atoms. The minimum absolute atomic E-state index is 0.00534. The van der Waals surface area contributed by atoms with Crippen LogP contribution in [0, 0.1) is 16.0 Å². The molecular formula is C21H26N4O3. The molecule has 1 aliphatic rings. The Labute approximate surface area is 165 Å². The van der Waals surface area contributed by atoms with Crippen molar-refractivity contribution in [3.05, 3.63) is 70.3 Å². The molecule has 1 saturated heterocycles. The first-order chi connectivity index (χ1) is 13.4. The van der Waals surface area contributed by atoms with Crippen LogP contribution in [0.2, 0.25) is 0 Å². The van der Waals surface area contributed by atoms with Crippen molar-refractivity contribution in [2.45, 2.75) is 25.9 Å². The number of hydrogen-bond donors (Lipinski definition) is 1. The summed E-state index contributed by atoms with van der Waals surface area (Å²) in [4.78, 5) is 27.1. The monoisotopic (exact) mass is 382 g/mol. The number of nitrogens with zero attached hydrogens (tertiary/aromatic N) is 3. The number of non-ortho nitro benzene ring substituents is 1. The molecule has 0 aromatic heterocycles. The molecule has 1 N–H and O–H groups in total.